The van der Waals surface area contributed by atoms with Gasteiger partial charge in [0.1, 0.15) is 6.04 Å². The lowest BCUT2D eigenvalue weighted by Crippen LogP contribution is -2.41. The van der Waals surface area contributed by atoms with Crippen molar-refractivity contribution in [2.24, 2.45) is 0 Å². The largest absolute Gasteiger partial charge is 0.467 e. The predicted octanol–water partition coefficient (Wildman–Crippen LogP) is 1.51. The average molecular weight is 296 g/mol. The van der Waals surface area contributed by atoms with Gasteiger partial charge in [-0.3, -0.25) is 14.9 Å². The molecule has 0 bridgehead atoms. The zero-order valence-corrected chi connectivity index (χ0v) is 11.2. The number of benzene rings is 1. The minimum atomic E-state index is -1.08. The van der Waals surface area contributed by atoms with Gasteiger partial charge in [0.15, 0.2) is 0 Å². The van der Waals surface area contributed by atoms with Crippen LogP contribution in [0.4, 0.5) is 10.1 Å². The number of hydrogen-bond acceptors (Lipinski definition) is 5. The van der Waals surface area contributed by atoms with Gasteiger partial charge in [-0.05, 0) is 25.0 Å². The molecular weight excluding hydrogens is 283 g/mol. The minimum absolute atomic E-state index is 0.0334. The summed E-state index contributed by atoms with van der Waals surface area (Å²) < 4.78 is 18.2. The number of rotatable bonds is 3. The molecule has 1 aliphatic rings. The van der Waals surface area contributed by atoms with Crippen molar-refractivity contribution in [2.75, 3.05) is 13.7 Å². The number of ether oxygens (including phenoxy) is 1. The maximum absolute atomic E-state index is 13.6. The van der Waals surface area contributed by atoms with E-state index in [1.54, 1.807) is 0 Å². The smallest absolute Gasteiger partial charge is 0.328 e. The van der Waals surface area contributed by atoms with Crippen LogP contribution in [0.5, 0.6) is 0 Å². The summed E-state index contributed by atoms with van der Waals surface area (Å²) in [6.07, 6.45) is 1.12. The van der Waals surface area contributed by atoms with Gasteiger partial charge in [0.25, 0.3) is 5.91 Å². The number of methoxy groups -OCH3 is 1. The van der Waals surface area contributed by atoms with Crippen LogP contribution in [-0.2, 0) is 9.53 Å². The lowest BCUT2D eigenvalue weighted by molar-refractivity contribution is -0.387. The Morgan fingerprint density at radius 1 is 1.48 bits per heavy atom. The molecule has 0 aliphatic carbocycles. The zero-order valence-electron chi connectivity index (χ0n) is 11.2. The van der Waals surface area contributed by atoms with E-state index in [1.165, 1.54) is 18.1 Å². The molecule has 1 atom stereocenters. The van der Waals surface area contributed by atoms with E-state index in [-0.39, 0.29) is 5.56 Å². The fraction of sp³-hybridized carbons (Fsp3) is 0.385. The second-order valence-corrected chi connectivity index (χ2v) is 4.60. The SMILES string of the molecule is COC(=O)C1CCCN1C(=O)c1ccc([N+](=O)[O-])c(F)c1. The van der Waals surface area contributed by atoms with Crippen molar-refractivity contribution in [3.05, 3.63) is 39.7 Å². The Morgan fingerprint density at radius 2 is 2.19 bits per heavy atom. The molecule has 0 saturated carbocycles. The summed E-state index contributed by atoms with van der Waals surface area (Å²) in [6.45, 7) is 0.358. The van der Waals surface area contributed by atoms with Crippen LogP contribution in [-0.4, -0.2) is 41.4 Å². The van der Waals surface area contributed by atoms with E-state index in [1.807, 2.05) is 0 Å². The molecule has 1 fully saturated rings. The number of amides is 1. The van der Waals surface area contributed by atoms with Gasteiger partial charge in [-0.1, -0.05) is 0 Å². The van der Waals surface area contributed by atoms with E-state index in [9.17, 15) is 24.1 Å². The molecule has 1 unspecified atom stereocenters. The fourth-order valence-electron chi connectivity index (χ4n) is 2.34. The minimum Gasteiger partial charge on any atom is -0.467 e. The number of nitro groups is 1. The summed E-state index contributed by atoms with van der Waals surface area (Å²) in [5, 5.41) is 10.5. The number of nitro benzene ring substituents is 1. The molecule has 0 spiro atoms. The number of esters is 1. The highest BCUT2D eigenvalue weighted by Gasteiger charge is 2.35. The highest BCUT2D eigenvalue weighted by molar-refractivity contribution is 5.97. The van der Waals surface area contributed by atoms with Gasteiger partial charge < -0.3 is 9.64 Å². The van der Waals surface area contributed by atoms with Crippen LogP contribution in [0.15, 0.2) is 18.2 Å². The van der Waals surface area contributed by atoms with Crippen LogP contribution in [0, 0.1) is 15.9 Å². The van der Waals surface area contributed by atoms with Crippen molar-refractivity contribution in [2.45, 2.75) is 18.9 Å². The molecule has 7 nitrogen and oxygen atoms in total. The molecule has 1 saturated heterocycles. The molecule has 2 rings (SSSR count). The highest BCUT2D eigenvalue weighted by Crippen LogP contribution is 2.23. The molecule has 0 N–H and O–H groups in total. The van der Waals surface area contributed by atoms with E-state index in [0.29, 0.717) is 19.4 Å². The topological polar surface area (TPSA) is 89.8 Å². The van der Waals surface area contributed by atoms with E-state index < -0.39 is 34.3 Å². The molecular formula is C13H13FN2O5. The molecule has 1 aromatic rings. The lowest BCUT2D eigenvalue weighted by atomic mass is 10.1. The van der Waals surface area contributed by atoms with Crippen molar-refractivity contribution in [3.63, 3.8) is 0 Å². The maximum Gasteiger partial charge on any atom is 0.328 e. The fourth-order valence-corrected chi connectivity index (χ4v) is 2.34. The summed E-state index contributed by atoms with van der Waals surface area (Å²) in [4.78, 5) is 34.9. The second-order valence-electron chi connectivity index (χ2n) is 4.60. The van der Waals surface area contributed by atoms with Gasteiger partial charge in [-0.25, -0.2) is 4.79 Å². The Morgan fingerprint density at radius 3 is 2.76 bits per heavy atom. The lowest BCUT2D eigenvalue weighted by Gasteiger charge is -2.22. The number of likely N-dealkylation sites (tertiary alicyclic amines) is 1. The molecule has 1 amide bonds. The summed E-state index contributed by atoms with van der Waals surface area (Å²) in [5.74, 6) is -2.15. The Kier molecular flexibility index (Phi) is 4.15. The van der Waals surface area contributed by atoms with Crippen LogP contribution in [0.25, 0.3) is 0 Å². The molecule has 1 aromatic carbocycles. The van der Waals surface area contributed by atoms with Crippen molar-refractivity contribution in [1.29, 1.82) is 0 Å². The van der Waals surface area contributed by atoms with E-state index >= 15 is 0 Å². The first-order valence-corrected chi connectivity index (χ1v) is 6.28. The Balaban J connectivity index is 2.25. The van der Waals surface area contributed by atoms with Gasteiger partial charge >= 0.3 is 11.7 Å². The van der Waals surface area contributed by atoms with Crippen molar-refractivity contribution >= 4 is 17.6 Å². The van der Waals surface area contributed by atoms with Crippen molar-refractivity contribution in [3.8, 4) is 0 Å². The molecule has 21 heavy (non-hydrogen) atoms. The zero-order chi connectivity index (χ0) is 15.6. The molecule has 8 heteroatoms. The van der Waals surface area contributed by atoms with E-state index in [4.69, 9.17) is 0 Å². The molecule has 0 radical (unpaired) electrons. The van der Waals surface area contributed by atoms with Crippen molar-refractivity contribution in [1.82, 2.24) is 4.90 Å². The molecule has 112 valence electrons. The summed E-state index contributed by atoms with van der Waals surface area (Å²) >= 11 is 0. The van der Waals surface area contributed by atoms with Crippen molar-refractivity contribution < 1.29 is 23.6 Å². The van der Waals surface area contributed by atoms with E-state index in [2.05, 4.69) is 4.74 Å². The third-order valence-electron chi connectivity index (χ3n) is 3.38. The van der Waals surface area contributed by atoms with Crippen LogP contribution in [0.2, 0.25) is 0 Å². The molecule has 0 aromatic heterocycles. The maximum atomic E-state index is 13.6. The first-order valence-electron chi connectivity index (χ1n) is 6.28. The van der Waals surface area contributed by atoms with Gasteiger partial charge in [-0.15, -0.1) is 0 Å². The number of nitrogens with zero attached hydrogens (tertiary/aromatic N) is 2. The van der Waals surface area contributed by atoms with Gasteiger partial charge in [0.05, 0.1) is 12.0 Å². The average Bonchev–Trinajstić information content (AvgIpc) is 2.94. The number of halogens is 1. The monoisotopic (exact) mass is 296 g/mol. The van der Waals surface area contributed by atoms with Crippen LogP contribution >= 0.6 is 0 Å². The summed E-state index contributed by atoms with van der Waals surface area (Å²) in [5.41, 5.74) is -0.730. The molecule has 1 aliphatic heterocycles. The third-order valence-corrected chi connectivity index (χ3v) is 3.38. The summed E-state index contributed by atoms with van der Waals surface area (Å²) in [7, 11) is 1.23. The predicted molar refractivity (Wildman–Crippen MR) is 69.1 cm³/mol. The number of hydrogen-bond donors (Lipinski definition) is 0. The van der Waals surface area contributed by atoms with Crippen LogP contribution in [0.3, 0.4) is 0 Å². The Labute approximate surface area is 119 Å². The van der Waals surface area contributed by atoms with Gasteiger partial charge in [0.2, 0.25) is 5.82 Å². The van der Waals surface area contributed by atoms with Crippen LogP contribution < -0.4 is 0 Å². The van der Waals surface area contributed by atoms with Crippen LogP contribution in [0.1, 0.15) is 23.2 Å². The quantitative estimate of drug-likeness (QED) is 0.479. The Bertz CT molecular complexity index is 604. The first-order chi connectivity index (χ1) is 9.95. The van der Waals surface area contributed by atoms with E-state index in [0.717, 1.165) is 12.1 Å². The third kappa shape index (κ3) is 2.83. The molecule has 1 heterocycles. The number of carbonyl (C=O) groups excluding carboxylic acids is 2. The second kappa shape index (κ2) is 5.86. The first kappa shape index (κ1) is 14.9. The van der Waals surface area contributed by atoms with Gasteiger partial charge in [0, 0.05) is 18.2 Å². The number of carbonyl (C=O) groups is 2. The standard InChI is InChI=1S/C13H13FN2O5/c1-21-13(18)11-3-2-6-15(11)12(17)8-4-5-10(16(19)20)9(14)7-8/h4-5,7,11H,2-3,6H2,1H3. The van der Waals surface area contributed by atoms with Gasteiger partial charge in [-0.2, -0.15) is 4.39 Å². The highest BCUT2D eigenvalue weighted by atomic mass is 19.1. The normalized spacial score (nSPS) is 17.6. The Hall–Kier alpha value is -2.51. The summed E-state index contributed by atoms with van der Waals surface area (Å²) in [6, 6.07) is 2.23.